The van der Waals surface area contributed by atoms with Gasteiger partial charge < -0.3 is 5.32 Å². The highest BCUT2D eigenvalue weighted by Gasteiger charge is 2.40. The maximum atomic E-state index is 12.7. The van der Waals surface area contributed by atoms with Crippen molar-refractivity contribution in [3.05, 3.63) is 52.3 Å². The highest BCUT2D eigenvalue weighted by atomic mass is 35.5. The van der Waals surface area contributed by atoms with Crippen molar-refractivity contribution in [2.75, 3.05) is 11.5 Å². The number of aryl methyl sites for hydroxylation is 1. The smallest absolute Gasteiger partial charge is 0.256 e. The van der Waals surface area contributed by atoms with E-state index in [4.69, 9.17) is 11.6 Å². The van der Waals surface area contributed by atoms with Gasteiger partial charge in [0.2, 0.25) is 0 Å². The molecule has 1 saturated heterocycles. The van der Waals surface area contributed by atoms with Gasteiger partial charge in [-0.1, -0.05) is 41.9 Å². The second kappa shape index (κ2) is 6.46. The number of halogens is 1. The summed E-state index contributed by atoms with van der Waals surface area (Å²) in [7, 11) is -3.11. The number of aromatic nitrogens is 2. The van der Waals surface area contributed by atoms with Crippen LogP contribution in [0.1, 0.15) is 35.0 Å². The Morgan fingerprint density at radius 3 is 2.64 bits per heavy atom. The Morgan fingerprint density at radius 1 is 1.36 bits per heavy atom. The number of amides is 1. The van der Waals surface area contributed by atoms with Gasteiger partial charge in [-0.15, -0.1) is 0 Å². The highest BCUT2D eigenvalue weighted by Crippen LogP contribution is 2.26. The van der Waals surface area contributed by atoms with E-state index in [0.717, 1.165) is 5.56 Å². The van der Waals surface area contributed by atoms with Crippen LogP contribution < -0.4 is 5.32 Å². The van der Waals surface area contributed by atoms with Crippen LogP contribution in [-0.4, -0.2) is 41.2 Å². The second-order valence-electron chi connectivity index (χ2n) is 6.75. The van der Waals surface area contributed by atoms with Gasteiger partial charge in [0.1, 0.15) is 5.15 Å². The Kier molecular flexibility index (Phi) is 4.64. The molecule has 3 rings (SSSR count). The minimum Gasteiger partial charge on any atom is -0.346 e. The third-order valence-electron chi connectivity index (χ3n) is 4.39. The fourth-order valence-corrected chi connectivity index (χ4v) is 5.53. The normalized spacial score (nSPS) is 22.0. The van der Waals surface area contributed by atoms with Crippen molar-refractivity contribution in [1.82, 2.24) is 15.1 Å². The molecule has 1 unspecified atom stereocenters. The number of rotatable bonds is 4. The highest BCUT2D eigenvalue weighted by molar-refractivity contribution is 7.91. The molecule has 0 radical (unpaired) electrons. The second-order valence-corrected chi connectivity index (χ2v) is 9.29. The van der Waals surface area contributed by atoms with Crippen molar-refractivity contribution in [3.63, 3.8) is 0 Å². The van der Waals surface area contributed by atoms with Gasteiger partial charge in [0.15, 0.2) is 9.84 Å². The van der Waals surface area contributed by atoms with E-state index in [2.05, 4.69) is 10.4 Å². The maximum absolute atomic E-state index is 12.7. The number of sulfone groups is 1. The number of carbonyl (C=O) groups is 1. The molecule has 0 bridgehead atoms. The molecule has 2 heterocycles. The predicted octanol–water partition coefficient (Wildman–Crippen LogP) is 2.20. The average Bonchev–Trinajstić information content (AvgIpc) is 2.95. The number of nitrogens with one attached hydrogen (secondary N) is 1. The van der Waals surface area contributed by atoms with E-state index in [1.165, 1.54) is 0 Å². The van der Waals surface area contributed by atoms with Crippen LogP contribution >= 0.6 is 11.6 Å². The fraction of sp³-hybridized carbons (Fsp3) is 0.412. The van der Waals surface area contributed by atoms with Gasteiger partial charge in [-0.3, -0.25) is 4.79 Å². The zero-order valence-electron chi connectivity index (χ0n) is 14.1. The molecular weight excluding hydrogens is 362 g/mol. The molecule has 1 N–H and O–H groups in total. The van der Waals surface area contributed by atoms with Crippen molar-refractivity contribution >= 4 is 27.3 Å². The molecule has 0 aliphatic carbocycles. The number of hydrogen-bond donors (Lipinski definition) is 1. The third-order valence-corrected chi connectivity index (χ3v) is 6.67. The number of benzene rings is 1. The zero-order chi connectivity index (χ0) is 18.2. The van der Waals surface area contributed by atoms with Gasteiger partial charge in [-0.25, -0.2) is 13.1 Å². The monoisotopic (exact) mass is 381 g/mol. The molecule has 0 saturated carbocycles. The molecular formula is C17H20ClN3O3S. The number of hydrogen-bond acceptors (Lipinski definition) is 4. The molecule has 134 valence electrons. The molecule has 1 fully saturated rings. The van der Waals surface area contributed by atoms with E-state index in [1.54, 1.807) is 18.5 Å². The topological polar surface area (TPSA) is 81.1 Å². The van der Waals surface area contributed by atoms with E-state index in [9.17, 15) is 13.2 Å². The average molecular weight is 382 g/mol. The van der Waals surface area contributed by atoms with Crippen molar-refractivity contribution in [2.24, 2.45) is 0 Å². The van der Waals surface area contributed by atoms with Crippen LogP contribution in [-0.2, 0) is 16.4 Å². The molecule has 6 nitrogen and oxygen atoms in total. The summed E-state index contributed by atoms with van der Waals surface area (Å²) < 4.78 is 25.0. The lowest BCUT2D eigenvalue weighted by molar-refractivity contribution is 0.0915. The zero-order valence-corrected chi connectivity index (χ0v) is 15.7. The quantitative estimate of drug-likeness (QED) is 0.880. The van der Waals surface area contributed by atoms with Crippen LogP contribution in [0.25, 0.3) is 0 Å². The lowest BCUT2D eigenvalue weighted by Crippen LogP contribution is -2.47. The van der Waals surface area contributed by atoms with Crippen LogP contribution in [0.2, 0.25) is 5.15 Å². The SMILES string of the molecule is Cc1nn(Cc2ccccc2)c(Cl)c1C(=O)NC1(C)CCS(=O)(=O)C1. The Balaban J connectivity index is 1.82. The predicted molar refractivity (Wildman–Crippen MR) is 96.7 cm³/mol. The van der Waals surface area contributed by atoms with Gasteiger partial charge in [0.25, 0.3) is 5.91 Å². The first kappa shape index (κ1) is 17.9. The van der Waals surface area contributed by atoms with Gasteiger partial charge >= 0.3 is 0 Å². The summed E-state index contributed by atoms with van der Waals surface area (Å²) in [5.41, 5.74) is 1.06. The minimum absolute atomic E-state index is 0.0550. The summed E-state index contributed by atoms with van der Waals surface area (Å²) in [5, 5.41) is 7.44. The van der Waals surface area contributed by atoms with Gasteiger partial charge in [-0.2, -0.15) is 5.10 Å². The molecule has 1 aliphatic rings. The largest absolute Gasteiger partial charge is 0.346 e. The van der Waals surface area contributed by atoms with E-state index in [1.807, 2.05) is 30.3 Å². The summed E-state index contributed by atoms with van der Waals surface area (Å²) in [6.07, 6.45) is 0.399. The molecule has 2 aromatic rings. The van der Waals surface area contributed by atoms with E-state index >= 15 is 0 Å². The van der Waals surface area contributed by atoms with Crippen LogP contribution in [0.3, 0.4) is 0 Å². The van der Waals surface area contributed by atoms with E-state index in [-0.39, 0.29) is 22.6 Å². The van der Waals surface area contributed by atoms with Gasteiger partial charge in [0.05, 0.1) is 34.8 Å². The summed E-state index contributed by atoms with van der Waals surface area (Å²) >= 11 is 6.38. The van der Waals surface area contributed by atoms with Crippen molar-refractivity contribution < 1.29 is 13.2 Å². The van der Waals surface area contributed by atoms with Crippen molar-refractivity contribution in [3.8, 4) is 0 Å². The van der Waals surface area contributed by atoms with Crippen molar-refractivity contribution in [1.29, 1.82) is 0 Å². The Labute approximate surface area is 152 Å². The molecule has 1 amide bonds. The fourth-order valence-electron chi connectivity index (χ4n) is 3.12. The molecule has 1 aliphatic heterocycles. The van der Waals surface area contributed by atoms with Crippen LogP contribution in [0, 0.1) is 6.92 Å². The summed E-state index contributed by atoms with van der Waals surface area (Å²) in [6, 6.07) is 9.69. The first-order valence-electron chi connectivity index (χ1n) is 7.99. The maximum Gasteiger partial charge on any atom is 0.256 e. The molecule has 1 aromatic heterocycles. The summed E-state index contributed by atoms with van der Waals surface area (Å²) in [6.45, 7) is 3.92. The van der Waals surface area contributed by atoms with Crippen molar-refractivity contribution in [2.45, 2.75) is 32.4 Å². The Bertz CT molecular complexity index is 909. The summed E-state index contributed by atoms with van der Waals surface area (Å²) in [5.74, 6) is -0.356. The van der Waals surface area contributed by atoms with E-state index < -0.39 is 15.4 Å². The third kappa shape index (κ3) is 3.88. The first-order chi connectivity index (χ1) is 11.7. The molecule has 0 spiro atoms. The molecule has 1 aromatic carbocycles. The van der Waals surface area contributed by atoms with Gasteiger partial charge in [0, 0.05) is 0 Å². The van der Waals surface area contributed by atoms with Crippen LogP contribution in [0.5, 0.6) is 0 Å². The Morgan fingerprint density at radius 2 is 2.04 bits per heavy atom. The minimum atomic E-state index is -3.11. The number of carbonyl (C=O) groups excluding carboxylic acids is 1. The Hall–Kier alpha value is -1.86. The van der Waals surface area contributed by atoms with Gasteiger partial charge in [-0.05, 0) is 25.8 Å². The standard InChI is InChI=1S/C17H20ClN3O3S/c1-12-14(16(22)19-17(2)8-9-25(23,24)11-17)15(18)21(20-12)10-13-6-4-3-5-7-13/h3-7H,8-11H2,1-2H3,(H,19,22). The van der Waals surface area contributed by atoms with Crippen LogP contribution in [0.15, 0.2) is 30.3 Å². The van der Waals surface area contributed by atoms with Crippen LogP contribution in [0.4, 0.5) is 0 Å². The summed E-state index contributed by atoms with van der Waals surface area (Å²) in [4.78, 5) is 12.7. The molecule has 1 atom stereocenters. The molecule has 8 heteroatoms. The molecule has 25 heavy (non-hydrogen) atoms. The van der Waals surface area contributed by atoms with E-state index in [0.29, 0.717) is 24.2 Å². The number of nitrogens with zero attached hydrogens (tertiary/aromatic N) is 2. The first-order valence-corrected chi connectivity index (χ1v) is 10.2. The lowest BCUT2D eigenvalue weighted by Gasteiger charge is -2.23. The lowest BCUT2D eigenvalue weighted by atomic mass is 10.0.